The molecule has 0 unspecified atom stereocenters. The Bertz CT molecular complexity index is 668. The van der Waals surface area contributed by atoms with Crippen molar-refractivity contribution in [2.75, 3.05) is 11.4 Å². The van der Waals surface area contributed by atoms with Crippen molar-refractivity contribution in [2.45, 2.75) is 6.92 Å². The molecule has 108 valence electrons. The lowest BCUT2D eigenvalue weighted by molar-refractivity contribution is 0.0988. The molecular weight excluding hydrogens is 284 g/mol. The quantitative estimate of drug-likeness (QED) is 0.852. The number of phenolic OH excluding ortho intramolecular Hbond substituents is 1. The first-order chi connectivity index (χ1) is 10.0. The van der Waals surface area contributed by atoms with Gasteiger partial charge in [0, 0.05) is 29.4 Å². The second-order valence-electron chi connectivity index (χ2n) is 4.51. The van der Waals surface area contributed by atoms with Crippen molar-refractivity contribution in [1.82, 2.24) is 0 Å². The van der Waals surface area contributed by atoms with Crippen molar-refractivity contribution >= 4 is 28.8 Å². The van der Waals surface area contributed by atoms with Gasteiger partial charge in [-0.3, -0.25) is 4.79 Å². The van der Waals surface area contributed by atoms with E-state index in [-0.39, 0.29) is 11.7 Å². The highest BCUT2D eigenvalue weighted by molar-refractivity contribution is 7.80. The summed E-state index contributed by atoms with van der Waals surface area (Å²) in [6, 6.07) is 13.5. The average Bonchev–Trinajstić information content (AvgIpc) is 2.48. The molecule has 0 aliphatic heterocycles. The van der Waals surface area contributed by atoms with E-state index in [1.54, 1.807) is 53.4 Å². The van der Waals surface area contributed by atoms with Gasteiger partial charge in [0.25, 0.3) is 5.91 Å². The van der Waals surface area contributed by atoms with Gasteiger partial charge in [-0.05, 0) is 31.2 Å². The molecule has 0 heterocycles. The fraction of sp³-hybridized carbons (Fsp3) is 0.125. The summed E-state index contributed by atoms with van der Waals surface area (Å²) in [4.78, 5) is 14.4. The van der Waals surface area contributed by atoms with Crippen LogP contribution in [0.4, 0.5) is 5.69 Å². The molecule has 0 aliphatic rings. The highest BCUT2D eigenvalue weighted by atomic mass is 32.1. The minimum atomic E-state index is -0.141. The number of benzene rings is 2. The monoisotopic (exact) mass is 300 g/mol. The molecule has 2 rings (SSSR count). The van der Waals surface area contributed by atoms with E-state index < -0.39 is 0 Å². The maximum Gasteiger partial charge on any atom is 0.258 e. The Morgan fingerprint density at radius 1 is 1.19 bits per heavy atom. The molecule has 0 radical (unpaired) electrons. The molecular formula is C16H16N2O2S. The summed E-state index contributed by atoms with van der Waals surface area (Å²) in [6.07, 6.45) is 0. The molecule has 0 spiro atoms. The minimum absolute atomic E-state index is 0.127. The standard InChI is InChI=1S/C16H16N2O2S/c1-2-18(13-4-3-5-14(19)10-13)16(20)12-8-6-11(7-9-12)15(17)21/h3-10,19H,2H2,1H3,(H2,17,21). The maximum atomic E-state index is 12.5. The third-order valence-electron chi connectivity index (χ3n) is 3.12. The van der Waals surface area contributed by atoms with Crippen molar-refractivity contribution in [3.8, 4) is 5.75 Å². The number of nitrogens with zero attached hydrogens (tertiary/aromatic N) is 1. The largest absolute Gasteiger partial charge is 0.508 e. The summed E-state index contributed by atoms with van der Waals surface area (Å²) in [5, 5.41) is 9.54. The van der Waals surface area contributed by atoms with Gasteiger partial charge in [-0.1, -0.05) is 30.4 Å². The molecule has 0 aliphatic carbocycles. The van der Waals surface area contributed by atoms with Crippen LogP contribution in [0.25, 0.3) is 0 Å². The Morgan fingerprint density at radius 2 is 1.81 bits per heavy atom. The van der Waals surface area contributed by atoms with Crippen molar-refractivity contribution in [1.29, 1.82) is 0 Å². The summed E-state index contributed by atoms with van der Waals surface area (Å²) >= 11 is 4.89. The summed E-state index contributed by atoms with van der Waals surface area (Å²) in [5.74, 6) is -0.0137. The van der Waals surface area contributed by atoms with Crippen LogP contribution in [0.3, 0.4) is 0 Å². The van der Waals surface area contributed by atoms with Crippen molar-refractivity contribution in [2.24, 2.45) is 5.73 Å². The van der Waals surface area contributed by atoms with Gasteiger partial charge in [0.2, 0.25) is 0 Å². The number of thiocarbonyl (C=S) groups is 1. The molecule has 4 nitrogen and oxygen atoms in total. The molecule has 1 amide bonds. The molecule has 21 heavy (non-hydrogen) atoms. The molecule has 0 fully saturated rings. The van der Waals surface area contributed by atoms with E-state index in [1.807, 2.05) is 6.92 Å². The lowest BCUT2D eigenvalue weighted by Crippen LogP contribution is -2.30. The second-order valence-corrected chi connectivity index (χ2v) is 4.95. The number of phenols is 1. The number of aromatic hydroxyl groups is 1. The lowest BCUT2D eigenvalue weighted by atomic mass is 10.1. The molecule has 0 atom stereocenters. The fourth-order valence-electron chi connectivity index (χ4n) is 2.04. The Balaban J connectivity index is 2.30. The van der Waals surface area contributed by atoms with E-state index in [1.165, 1.54) is 0 Å². The third kappa shape index (κ3) is 3.38. The molecule has 0 bridgehead atoms. The number of carbonyl (C=O) groups is 1. The first kappa shape index (κ1) is 15.0. The molecule has 5 heteroatoms. The van der Waals surface area contributed by atoms with Crippen LogP contribution < -0.4 is 10.6 Å². The normalized spacial score (nSPS) is 10.1. The number of nitrogens with two attached hydrogens (primary N) is 1. The topological polar surface area (TPSA) is 66.6 Å². The van der Waals surface area contributed by atoms with E-state index >= 15 is 0 Å². The molecule has 2 aromatic rings. The molecule has 0 aromatic heterocycles. The third-order valence-corrected chi connectivity index (χ3v) is 3.35. The highest BCUT2D eigenvalue weighted by Crippen LogP contribution is 2.22. The minimum Gasteiger partial charge on any atom is -0.508 e. The van der Waals surface area contributed by atoms with Crippen LogP contribution in [0.1, 0.15) is 22.8 Å². The van der Waals surface area contributed by atoms with Crippen LogP contribution in [-0.2, 0) is 0 Å². The number of carbonyl (C=O) groups excluding carboxylic acids is 1. The zero-order chi connectivity index (χ0) is 15.4. The zero-order valence-corrected chi connectivity index (χ0v) is 12.4. The van der Waals surface area contributed by atoms with Crippen LogP contribution >= 0.6 is 12.2 Å². The van der Waals surface area contributed by atoms with Gasteiger partial charge in [0.05, 0.1) is 0 Å². The Kier molecular flexibility index (Phi) is 4.55. The first-order valence-corrected chi connectivity index (χ1v) is 6.94. The van der Waals surface area contributed by atoms with Gasteiger partial charge in [-0.15, -0.1) is 0 Å². The van der Waals surface area contributed by atoms with Gasteiger partial charge >= 0.3 is 0 Å². The number of rotatable bonds is 4. The molecule has 0 saturated heterocycles. The van der Waals surface area contributed by atoms with E-state index in [0.717, 1.165) is 5.56 Å². The summed E-state index contributed by atoms with van der Waals surface area (Å²) in [6.45, 7) is 2.38. The van der Waals surface area contributed by atoms with Gasteiger partial charge in [-0.2, -0.15) is 0 Å². The second kappa shape index (κ2) is 6.37. The maximum absolute atomic E-state index is 12.5. The van der Waals surface area contributed by atoms with Crippen LogP contribution in [0.5, 0.6) is 5.75 Å². The van der Waals surface area contributed by atoms with Crippen LogP contribution in [-0.4, -0.2) is 22.5 Å². The van der Waals surface area contributed by atoms with E-state index in [0.29, 0.717) is 22.8 Å². The van der Waals surface area contributed by atoms with Crippen molar-refractivity contribution in [3.05, 3.63) is 59.7 Å². The molecule has 2 aromatic carbocycles. The van der Waals surface area contributed by atoms with E-state index in [4.69, 9.17) is 18.0 Å². The lowest BCUT2D eigenvalue weighted by Gasteiger charge is -2.21. The number of anilines is 1. The number of amides is 1. The average molecular weight is 300 g/mol. The Hall–Kier alpha value is -2.40. The SMILES string of the molecule is CCN(C(=O)c1ccc(C(N)=S)cc1)c1cccc(O)c1. The molecule has 0 saturated carbocycles. The summed E-state index contributed by atoms with van der Waals surface area (Å²) in [7, 11) is 0. The van der Waals surface area contributed by atoms with Gasteiger partial charge in [-0.25, -0.2) is 0 Å². The highest BCUT2D eigenvalue weighted by Gasteiger charge is 2.16. The Morgan fingerprint density at radius 3 is 2.33 bits per heavy atom. The predicted molar refractivity (Wildman–Crippen MR) is 87.8 cm³/mol. The van der Waals surface area contributed by atoms with Crippen LogP contribution in [0, 0.1) is 0 Å². The predicted octanol–water partition coefficient (Wildman–Crippen LogP) is 2.69. The van der Waals surface area contributed by atoms with Gasteiger partial charge in [0.1, 0.15) is 10.7 Å². The first-order valence-electron chi connectivity index (χ1n) is 6.53. The van der Waals surface area contributed by atoms with Gasteiger partial charge in [0.15, 0.2) is 0 Å². The summed E-state index contributed by atoms with van der Waals surface area (Å²) in [5.41, 5.74) is 7.46. The molecule has 3 N–H and O–H groups in total. The summed E-state index contributed by atoms with van der Waals surface area (Å²) < 4.78 is 0. The fourth-order valence-corrected chi connectivity index (χ4v) is 2.17. The smallest absolute Gasteiger partial charge is 0.258 e. The van der Waals surface area contributed by atoms with E-state index in [2.05, 4.69) is 0 Å². The Labute approximate surface area is 128 Å². The zero-order valence-electron chi connectivity index (χ0n) is 11.6. The van der Waals surface area contributed by atoms with Crippen LogP contribution in [0.2, 0.25) is 0 Å². The van der Waals surface area contributed by atoms with Crippen LogP contribution in [0.15, 0.2) is 48.5 Å². The van der Waals surface area contributed by atoms with E-state index in [9.17, 15) is 9.90 Å². The number of hydrogen-bond donors (Lipinski definition) is 2. The van der Waals surface area contributed by atoms with Crippen molar-refractivity contribution < 1.29 is 9.90 Å². The number of hydrogen-bond acceptors (Lipinski definition) is 3. The van der Waals surface area contributed by atoms with Gasteiger partial charge < -0.3 is 15.7 Å². The van der Waals surface area contributed by atoms with Crippen molar-refractivity contribution in [3.63, 3.8) is 0 Å².